The molecule has 2 aliphatic rings. The lowest BCUT2D eigenvalue weighted by Crippen LogP contribution is -2.42. The quantitative estimate of drug-likeness (QED) is 0.334. The van der Waals surface area contributed by atoms with Crippen molar-refractivity contribution in [2.75, 3.05) is 4.90 Å². The molecule has 1 aliphatic heterocycles. The zero-order chi connectivity index (χ0) is 28.8. The van der Waals surface area contributed by atoms with Crippen molar-refractivity contribution in [3.8, 4) is 11.8 Å². The van der Waals surface area contributed by atoms with Gasteiger partial charge in [-0.1, -0.05) is 54.7 Å². The van der Waals surface area contributed by atoms with Crippen LogP contribution in [0.5, 0.6) is 5.75 Å². The zero-order valence-electron chi connectivity index (χ0n) is 23.0. The van der Waals surface area contributed by atoms with Crippen LogP contribution in [-0.4, -0.2) is 5.78 Å². The molecule has 0 aromatic heterocycles. The molecule has 1 heterocycles. The first-order chi connectivity index (χ1) is 19.0. The van der Waals surface area contributed by atoms with Gasteiger partial charge < -0.3 is 10.5 Å². The Hall–Kier alpha value is -3.72. The molecule has 1 aliphatic carbocycles. The van der Waals surface area contributed by atoms with Crippen LogP contribution in [0.2, 0.25) is 10.0 Å². The summed E-state index contributed by atoms with van der Waals surface area (Å²) in [5.41, 5.74) is 13.0. The van der Waals surface area contributed by atoms with Crippen molar-refractivity contribution in [1.82, 2.24) is 0 Å². The topological polar surface area (TPSA) is 79.3 Å². The highest BCUT2D eigenvalue weighted by molar-refractivity contribution is 6.30. The SMILES string of the molecule is Cc1cc(COc2ccc(Cl)cc2)c(C)c(C2C(C#N)=C(N)N(c3ccc(Cl)cc3)C3=C2C(=O)CC(C)(C)C3)c1. The van der Waals surface area contributed by atoms with Crippen molar-refractivity contribution in [3.63, 3.8) is 0 Å². The van der Waals surface area contributed by atoms with E-state index in [0.717, 1.165) is 33.6 Å². The van der Waals surface area contributed by atoms with Crippen molar-refractivity contribution >= 4 is 34.7 Å². The predicted octanol–water partition coefficient (Wildman–Crippen LogP) is 8.13. The summed E-state index contributed by atoms with van der Waals surface area (Å²) in [6, 6.07) is 21.1. The van der Waals surface area contributed by atoms with E-state index in [1.165, 1.54) is 0 Å². The number of ketones is 1. The molecule has 1 unspecified atom stereocenters. The second-order valence-corrected chi connectivity index (χ2v) is 12.2. The summed E-state index contributed by atoms with van der Waals surface area (Å²) >= 11 is 12.2. The molecule has 0 saturated carbocycles. The van der Waals surface area contributed by atoms with Gasteiger partial charge >= 0.3 is 0 Å². The van der Waals surface area contributed by atoms with E-state index in [-0.39, 0.29) is 11.2 Å². The van der Waals surface area contributed by atoms with Gasteiger partial charge in [0, 0.05) is 33.4 Å². The summed E-state index contributed by atoms with van der Waals surface area (Å²) in [4.78, 5) is 15.8. The minimum atomic E-state index is -0.568. The van der Waals surface area contributed by atoms with Gasteiger partial charge in [0.2, 0.25) is 0 Å². The average Bonchev–Trinajstić information content (AvgIpc) is 2.89. The Kier molecular flexibility index (Phi) is 7.44. The lowest BCUT2D eigenvalue weighted by Gasteiger charge is -2.44. The maximum absolute atomic E-state index is 13.9. The molecule has 0 saturated heterocycles. The van der Waals surface area contributed by atoms with Crippen molar-refractivity contribution in [2.45, 2.75) is 53.1 Å². The number of anilines is 1. The van der Waals surface area contributed by atoms with E-state index in [2.05, 4.69) is 32.0 Å². The number of hydrogen-bond acceptors (Lipinski definition) is 5. The molecule has 2 N–H and O–H groups in total. The number of ether oxygens (including phenoxy) is 1. The van der Waals surface area contributed by atoms with Crippen molar-refractivity contribution in [2.24, 2.45) is 11.1 Å². The Morgan fingerprint density at radius 2 is 1.65 bits per heavy atom. The summed E-state index contributed by atoms with van der Waals surface area (Å²) < 4.78 is 6.08. The largest absolute Gasteiger partial charge is 0.489 e. The number of halogens is 2. The first kappa shape index (κ1) is 27.8. The Bertz CT molecular complexity index is 1600. The number of Topliss-reactive ketones (excluding diaryl/α,β-unsaturated/α-hetero) is 1. The number of carbonyl (C=O) groups is 1. The Morgan fingerprint density at radius 3 is 2.27 bits per heavy atom. The number of benzene rings is 3. The number of nitrogens with two attached hydrogens (primary N) is 1. The fraction of sp³-hybridized carbons (Fsp3) is 0.273. The molecule has 1 atom stereocenters. The Labute approximate surface area is 245 Å². The molecule has 0 radical (unpaired) electrons. The Balaban J connectivity index is 1.66. The number of nitrogens with zero attached hydrogens (tertiary/aromatic N) is 2. The third-order valence-corrected chi connectivity index (χ3v) is 8.19. The fourth-order valence-corrected chi connectivity index (χ4v) is 6.06. The van der Waals surface area contributed by atoms with Crippen LogP contribution in [0.15, 0.2) is 83.3 Å². The van der Waals surface area contributed by atoms with E-state index in [4.69, 9.17) is 33.7 Å². The summed E-state index contributed by atoms with van der Waals surface area (Å²) in [5, 5.41) is 11.7. The standard InChI is InChI=1S/C33H31Cl2N3O2/c1-19-13-21(18-40-25-11-7-23(35)8-12-25)20(2)26(14-19)30-27(17-36)32(37)38(24-9-5-22(34)6-10-24)28-15-33(3,4)16-29(39)31(28)30/h5-14,30H,15-16,18,37H2,1-4H3. The van der Waals surface area contributed by atoms with Gasteiger partial charge in [0.05, 0.1) is 17.6 Å². The van der Waals surface area contributed by atoms with Crippen LogP contribution in [0.4, 0.5) is 5.69 Å². The number of aryl methyl sites for hydroxylation is 1. The monoisotopic (exact) mass is 571 g/mol. The molecule has 3 aromatic rings. The van der Waals surface area contributed by atoms with Gasteiger partial charge in [0.1, 0.15) is 18.2 Å². The molecular weight excluding hydrogens is 541 g/mol. The van der Waals surface area contributed by atoms with Crippen LogP contribution in [0.25, 0.3) is 0 Å². The minimum absolute atomic E-state index is 0.0373. The second-order valence-electron chi connectivity index (χ2n) is 11.3. The highest BCUT2D eigenvalue weighted by Crippen LogP contribution is 2.51. The van der Waals surface area contributed by atoms with E-state index in [0.29, 0.717) is 52.2 Å². The van der Waals surface area contributed by atoms with Crippen molar-refractivity contribution in [1.29, 1.82) is 5.26 Å². The zero-order valence-corrected chi connectivity index (χ0v) is 24.5. The number of carbonyl (C=O) groups excluding carboxylic acids is 1. The van der Waals surface area contributed by atoms with E-state index in [1.807, 2.05) is 43.0 Å². The summed E-state index contributed by atoms with van der Waals surface area (Å²) in [6.45, 7) is 8.54. The van der Waals surface area contributed by atoms with Crippen LogP contribution >= 0.6 is 23.2 Å². The Morgan fingerprint density at radius 1 is 1.02 bits per heavy atom. The lowest BCUT2D eigenvalue weighted by atomic mass is 9.68. The van der Waals surface area contributed by atoms with Crippen LogP contribution in [0.3, 0.4) is 0 Å². The molecule has 3 aromatic carbocycles. The van der Waals surface area contributed by atoms with Gasteiger partial charge in [-0.3, -0.25) is 9.69 Å². The van der Waals surface area contributed by atoms with E-state index >= 15 is 0 Å². The molecule has 204 valence electrons. The smallest absolute Gasteiger partial charge is 0.162 e. The van der Waals surface area contributed by atoms with Crippen LogP contribution in [0, 0.1) is 30.6 Å². The predicted molar refractivity (Wildman–Crippen MR) is 160 cm³/mol. The lowest BCUT2D eigenvalue weighted by molar-refractivity contribution is -0.118. The van der Waals surface area contributed by atoms with Crippen LogP contribution in [0.1, 0.15) is 54.9 Å². The number of rotatable bonds is 5. The highest BCUT2D eigenvalue weighted by atomic mass is 35.5. The first-order valence-corrected chi connectivity index (χ1v) is 13.9. The van der Waals surface area contributed by atoms with Gasteiger partial charge in [-0.25, -0.2) is 0 Å². The molecule has 0 amide bonds. The van der Waals surface area contributed by atoms with Gasteiger partial charge in [-0.2, -0.15) is 5.26 Å². The van der Waals surface area contributed by atoms with Gasteiger partial charge in [0.25, 0.3) is 0 Å². The number of nitriles is 1. The third-order valence-electron chi connectivity index (χ3n) is 7.68. The van der Waals surface area contributed by atoms with Gasteiger partial charge in [0.15, 0.2) is 5.78 Å². The maximum Gasteiger partial charge on any atom is 0.162 e. The van der Waals surface area contributed by atoms with Gasteiger partial charge in [-0.05, 0) is 90.9 Å². The van der Waals surface area contributed by atoms with E-state index < -0.39 is 5.92 Å². The molecule has 0 bridgehead atoms. The fourth-order valence-electron chi connectivity index (χ4n) is 5.81. The number of hydrogen-bond donors (Lipinski definition) is 1. The van der Waals surface area contributed by atoms with Crippen molar-refractivity contribution < 1.29 is 9.53 Å². The van der Waals surface area contributed by atoms with Crippen LogP contribution in [-0.2, 0) is 11.4 Å². The normalized spacial score (nSPS) is 18.5. The number of allylic oxidation sites excluding steroid dienone is 3. The summed E-state index contributed by atoms with van der Waals surface area (Å²) in [7, 11) is 0. The van der Waals surface area contributed by atoms with Crippen LogP contribution < -0.4 is 15.4 Å². The molecule has 0 spiro atoms. The third kappa shape index (κ3) is 5.22. The summed E-state index contributed by atoms with van der Waals surface area (Å²) in [5.74, 6) is 0.510. The molecular formula is C33H31Cl2N3O2. The van der Waals surface area contributed by atoms with Crippen molar-refractivity contribution in [3.05, 3.63) is 116 Å². The molecule has 7 heteroatoms. The summed E-state index contributed by atoms with van der Waals surface area (Å²) in [6.07, 6.45) is 1.04. The molecule has 5 rings (SSSR count). The first-order valence-electron chi connectivity index (χ1n) is 13.2. The minimum Gasteiger partial charge on any atom is -0.489 e. The molecule has 0 fully saturated rings. The van der Waals surface area contributed by atoms with E-state index in [9.17, 15) is 10.1 Å². The maximum atomic E-state index is 13.9. The highest BCUT2D eigenvalue weighted by Gasteiger charge is 2.45. The second kappa shape index (κ2) is 10.7. The molecule has 5 nitrogen and oxygen atoms in total. The average molecular weight is 573 g/mol. The van der Waals surface area contributed by atoms with E-state index in [1.54, 1.807) is 24.3 Å². The van der Waals surface area contributed by atoms with Gasteiger partial charge in [-0.15, -0.1) is 0 Å². The molecule has 40 heavy (non-hydrogen) atoms.